The molecule has 14 heteroatoms. The molecular formula is C13H12F3N5O5S. The Labute approximate surface area is 150 Å². The third-order valence-electron chi connectivity index (χ3n) is 3.03. The first-order chi connectivity index (χ1) is 12.5. The van der Waals surface area contributed by atoms with Gasteiger partial charge in [-0.3, -0.25) is 0 Å². The molecule has 0 unspecified atom stereocenters. The van der Waals surface area contributed by atoms with Crippen LogP contribution in [0.2, 0.25) is 0 Å². The van der Waals surface area contributed by atoms with Crippen LogP contribution in [0.25, 0.3) is 0 Å². The highest BCUT2D eigenvalue weighted by Crippen LogP contribution is 2.35. The van der Waals surface area contributed by atoms with Crippen molar-refractivity contribution in [2.75, 3.05) is 18.5 Å². The number of nitrogens with two attached hydrogens (primary N) is 1. The van der Waals surface area contributed by atoms with E-state index in [4.69, 9.17) is 15.2 Å². The molecule has 0 aliphatic heterocycles. The van der Waals surface area contributed by atoms with Gasteiger partial charge in [-0.25, -0.2) is 9.78 Å². The molecule has 0 atom stereocenters. The standard InChI is InChI=1S/C13H12F3N5O5S/c1-25-8-6-9(26-2)20-12(19-8)21(11(17)22)27(23,24)10-7(13(14,15)16)4-3-5-18-10/h3-6H,1-2H3,(H2,17,22). The SMILES string of the molecule is COc1cc(OC)nc(N(C(N)=O)S(=O)(=O)c2ncccc2C(F)(F)F)n1. The van der Waals surface area contributed by atoms with Gasteiger partial charge < -0.3 is 15.2 Å². The molecule has 2 heterocycles. The second-order valence-electron chi connectivity index (χ2n) is 4.71. The number of urea groups is 1. The van der Waals surface area contributed by atoms with E-state index < -0.39 is 38.8 Å². The monoisotopic (exact) mass is 407 g/mol. The summed E-state index contributed by atoms with van der Waals surface area (Å²) < 4.78 is 74.4. The highest BCUT2D eigenvalue weighted by molar-refractivity contribution is 7.93. The van der Waals surface area contributed by atoms with Crippen LogP contribution in [-0.2, 0) is 16.2 Å². The van der Waals surface area contributed by atoms with E-state index in [-0.39, 0.29) is 16.1 Å². The first kappa shape index (κ1) is 20.2. The normalized spacial score (nSPS) is 11.7. The van der Waals surface area contributed by atoms with Crippen molar-refractivity contribution < 1.29 is 35.9 Å². The van der Waals surface area contributed by atoms with Gasteiger partial charge in [0.2, 0.25) is 11.8 Å². The number of anilines is 1. The summed E-state index contributed by atoms with van der Waals surface area (Å²) in [5, 5.41) is -1.44. The molecule has 0 spiro atoms. The first-order valence-electron chi connectivity index (χ1n) is 6.86. The number of hydrogen-bond acceptors (Lipinski definition) is 8. The number of hydrogen-bond donors (Lipinski definition) is 1. The molecule has 0 saturated carbocycles. The smallest absolute Gasteiger partial charge is 0.419 e. The molecule has 2 aromatic rings. The molecule has 2 rings (SSSR count). The minimum atomic E-state index is -5.23. The number of primary amides is 1. The van der Waals surface area contributed by atoms with Gasteiger partial charge in [0.1, 0.15) is 0 Å². The van der Waals surface area contributed by atoms with E-state index in [2.05, 4.69) is 15.0 Å². The number of sulfonamides is 1. The van der Waals surface area contributed by atoms with E-state index in [9.17, 15) is 26.4 Å². The van der Waals surface area contributed by atoms with Crippen LogP contribution < -0.4 is 19.5 Å². The Bertz CT molecular complexity index is 945. The van der Waals surface area contributed by atoms with Crippen LogP contribution in [-0.4, -0.2) is 43.6 Å². The van der Waals surface area contributed by atoms with Crippen LogP contribution >= 0.6 is 0 Å². The summed E-state index contributed by atoms with van der Waals surface area (Å²) in [6, 6.07) is 0.870. The average Bonchev–Trinajstić information content (AvgIpc) is 2.60. The Morgan fingerprint density at radius 3 is 2.19 bits per heavy atom. The third kappa shape index (κ3) is 3.99. The maximum atomic E-state index is 13.2. The number of methoxy groups -OCH3 is 2. The van der Waals surface area contributed by atoms with Crippen LogP contribution in [0, 0.1) is 0 Å². The summed E-state index contributed by atoms with van der Waals surface area (Å²) in [6.07, 6.45) is -4.25. The van der Waals surface area contributed by atoms with Crippen LogP contribution in [0.15, 0.2) is 29.4 Å². The van der Waals surface area contributed by atoms with Crippen LogP contribution in [0.3, 0.4) is 0 Å². The molecule has 146 valence electrons. The van der Waals surface area contributed by atoms with Crippen LogP contribution in [0.5, 0.6) is 11.8 Å². The van der Waals surface area contributed by atoms with E-state index in [1.54, 1.807) is 0 Å². The number of aromatic nitrogens is 3. The molecule has 0 saturated heterocycles. The van der Waals surface area contributed by atoms with Crippen molar-refractivity contribution in [3.8, 4) is 11.8 Å². The number of amides is 2. The molecule has 2 N–H and O–H groups in total. The number of carbonyl (C=O) groups excluding carboxylic acids is 1. The van der Waals surface area contributed by atoms with Crippen molar-refractivity contribution >= 4 is 22.0 Å². The number of halogens is 3. The Hall–Kier alpha value is -3.16. The zero-order chi connectivity index (χ0) is 20.4. The third-order valence-corrected chi connectivity index (χ3v) is 4.67. The molecule has 0 aliphatic rings. The van der Waals surface area contributed by atoms with Crippen LogP contribution in [0.1, 0.15) is 5.56 Å². The summed E-state index contributed by atoms with van der Waals surface area (Å²) >= 11 is 0. The van der Waals surface area contributed by atoms with E-state index in [1.165, 1.54) is 14.2 Å². The molecule has 0 fully saturated rings. The quantitative estimate of drug-likeness (QED) is 0.780. The fourth-order valence-electron chi connectivity index (χ4n) is 1.92. The van der Waals surface area contributed by atoms with E-state index >= 15 is 0 Å². The summed E-state index contributed by atoms with van der Waals surface area (Å²) in [5.41, 5.74) is 3.48. The second-order valence-corrected chi connectivity index (χ2v) is 6.42. The average molecular weight is 407 g/mol. The maximum absolute atomic E-state index is 13.2. The van der Waals surface area contributed by atoms with Crippen molar-refractivity contribution in [2.45, 2.75) is 11.2 Å². The minimum Gasteiger partial charge on any atom is -0.481 e. The highest BCUT2D eigenvalue weighted by atomic mass is 32.2. The van der Waals surface area contributed by atoms with Crippen molar-refractivity contribution in [3.63, 3.8) is 0 Å². The van der Waals surface area contributed by atoms with Crippen molar-refractivity contribution in [1.29, 1.82) is 0 Å². The van der Waals surface area contributed by atoms with Crippen molar-refractivity contribution in [1.82, 2.24) is 15.0 Å². The summed E-state index contributed by atoms with van der Waals surface area (Å²) in [5.74, 6) is -1.33. The first-order valence-corrected chi connectivity index (χ1v) is 8.30. The summed E-state index contributed by atoms with van der Waals surface area (Å²) in [4.78, 5) is 22.3. The number of nitrogens with zero attached hydrogens (tertiary/aromatic N) is 4. The van der Waals surface area contributed by atoms with Gasteiger partial charge in [-0.15, -0.1) is 4.31 Å². The van der Waals surface area contributed by atoms with Crippen molar-refractivity contribution in [2.24, 2.45) is 5.73 Å². The second kappa shape index (κ2) is 7.22. The van der Waals surface area contributed by atoms with Gasteiger partial charge in [0, 0.05) is 6.20 Å². The summed E-state index contributed by atoms with van der Waals surface area (Å²) in [7, 11) is -2.87. The minimum absolute atomic E-state index is 0.227. The summed E-state index contributed by atoms with van der Waals surface area (Å²) in [6.45, 7) is 0. The number of pyridine rings is 1. The number of alkyl halides is 3. The van der Waals surface area contributed by atoms with E-state index in [0.29, 0.717) is 6.07 Å². The molecule has 0 bridgehead atoms. The lowest BCUT2D eigenvalue weighted by atomic mass is 10.3. The van der Waals surface area contributed by atoms with Gasteiger partial charge in [-0.2, -0.15) is 31.6 Å². The molecule has 0 radical (unpaired) electrons. The molecule has 2 aromatic heterocycles. The van der Waals surface area contributed by atoms with Gasteiger partial charge >= 0.3 is 12.2 Å². The predicted molar refractivity (Wildman–Crippen MR) is 83.6 cm³/mol. The molecule has 10 nitrogen and oxygen atoms in total. The Morgan fingerprint density at radius 2 is 1.74 bits per heavy atom. The van der Waals surface area contributed by atoms with E-state index in [0.717, 1.165) is 18.3 Å². The molecule has 27 heavy (non-hydrogen) atoms. The lowest BCUT2D eigenvalue weighted by Gasteiger charge is -2.20. The topological polar surface area (TPSA) is 138 Å². The zero-order valence-electron chi connectivity index (χ0n) is 13.8. The van der Waals surface area contributed by atoms with Gasteiger partial charge in [0.15, 0.2) is 5.03 Å². The number of rotatable bonds is 5. The number of ether oxygens (including phenoxy) is 2. The molecule has 0 aliphatic carbocycles. The van der Waals surface area contributed by atoms with Gasteiger partial charge in [-0.05, 0) is 12.1 Å². The predicted octanol–water partition coefficient (Wildman–Crippen LogP) is 1.18. The molecule has 2 amide bonds. The Balaban J connectivity index is 2.74. The zero-order valence-corrected chi connectivity index (χ0v) is 14.6. The lowest BCUT2D eigenvalue weighted by molar-refractivity contribution is -0.140. The fourth-order valence-corrected chi connectivity index (χ4v) is 3.28. The molecular weight excluding hydrogens is 395 g/mol. The number of carbonyl (C=O) groups is 1. The Morgan fingerprint density at radius 1 is 1.19 bits per heavy atom. The van der Waals surface area contributed by atoms with Crippen LogP contribution in [0.4, 0.5) is 23.9 Å². The van der Waals surface area contributed by atoms with Crippen molar-refractivity contribution in [3.05, 3.63) is 30.0 Å². The lowest BCUT2D eigenvalue weighted by Crippen LogP contribution is -2.43. The van der Waals surface area contributed by atoms with Gasteiger partial charge in [-0.1, -0.05) is 0 Å². The maximum Gasteiger partial charge on any atom is 0.419 e. The van der Waals surface area contributed by atoms with Gasteiger partial charge in [0.25, 0.3) is 16.0 Å². The van der Waals surface area contributed by atoms with E-state index in [1.807, 2.05) is 0 Å². The largest absolute Gasteiger partial charge is 0.481 e. The fraction of sp³-hybridized carbons (Fsp3) is 0.231. The van der Waals surface area contributed by atoms with Gasteiger partial charge in [0.05, 0.1) is 25.8 Å². The Kier molecular flexibility index (Phi) is 5.39. The molecule has 0 aromatic carbocycles. The highest BCUT2D eigenvalue weighted by Gasteiger charge is 2.42.